The minimum atomic E-state index is -1.04. The van der Waals surface area contributed by atoms with Crippen molar-refractivity contribution in [3.63, 3.8) is 0 Å². The highest BCUT2D eigenvalue weighted by molar-refractivity contribution is 9.10. The lowest BCUT2D eigenvalue weighted by molar-refractivity contribution is 0.197. The molecule has 4 nitrogen and oxygen atoms in total. The molecule has 2 rings (SSSR count). The van der Waals surface area contributed by atoms with Gasteiger partial charge in [-0.25, -0.2) is 4.79 Å². The number of hydrogen-bond donors (Lipinski definition) is 2. The lowest BCUT2D eigenvalue weighted by atomic mass is 10.1. The van der Waals surface area contributed by atoms with E-state index in [2.05, 4.69) is 15.9 Å². The molecule has 78 valence electrons. The van der Waals surface area contributed by atoms with Gasteiger partial charge in [-0.3, -0.25) is 4.57 Å². The van der Waals surface area contributed by atoms with E-state index in [4.69, 9.17) is 10.2 Å². The maximum atomic E-state index is 10.9. The number of halogens is 1. The molecule has 0 bridgehead atoms. The SMILES string of the molecule is O=C(O)n1ccc2c(CO)cc(Br)cc21. The molecular formula is C10H8BrNO3. The summed E-state index contributed by atoms with van der Waals surface area (Å²) in [5, 5.41) is 18.8. The van der Waals surface area contributed by atoms with Crippen molar-refractivity contribution in [1.82, 2.24) is 4.57 Å². The summed E-state index contributed by atoms with van der Waals surface area (Å²) in [6.45, 7) is -0.112. The second-order valence-corrected chi connectivity index (χ2v) is 4.04. The molecule has 0 aliphatic heterocycles. The molecule has 0 atom stereocenters. The molecular weight excluding hydrogens is 262 g/mol. The molecule has 5 heteroatoms. The van der Waals surface area contributed by atoms with Gasteiger partial charge in [0.2, 0.25) is 0 Å². The molecule has 0 radical (unpaired) electrons. The summed E-state index contributed by atoms with van der Waals surface area (Å²) in [7, 11) is 0. The van der Waals surface area contributed by atoms with Crippen molar-refractivity contribution >= 4 is 32.9 Å². The van der Waals surface area contributed by atoms with Crippen molar-refractivity contribution in [3.8, 4) is 0 Å². The van der Waals surface area contributed by atoms with Crippen LogP contribution in [-0.2, 0) is 6.61 Å². The van der Waals surface area contributed by atoms with Crippen LogP contribution in [0.3, 0.4) is 0 Å². The first-order valence-corrected chi connectivity index (χ1v) is 5.06. The van der Waals surface area contributed by atoms with Gasteiger partial charge in [0.15, 0.2) is 0 Å². The van der Waals surface area contributed by atoms with Crippen LogP contribution in [0.15, 0.2) is 28.9 Å². The van der Waals surface area contributed by atoms with E-state index in [0.29, 0.717) is 11.1 Å². The first kappa shape index (κ1) is 10.2. The minimum absolute atomic E-state index is 0.112. The van der Waals surface area contributed by atoms with E-state index in [9.17, 15) is 4.79 Å². The fourth-order valence-electron chi connectivity index (χ4n) is 1.58. The largest absolute Gasteiger partial charge is 0.464 e. The standard InChI is InChI=1S/C10H8BrNO3/c11-7-3-6(5-13)8-1-2-12(10(14)15)9(8)4-7/h1-4,13H,5H2,(H,14,15). The van der Waals surface area contributed by atoms with Gasteiger partial charge in [-0.1, -0.05) is 15.9 Å². The number of aliphatic hydroxyl groups is 1. The van der Waals surface area contributed by atoms with Gasteiger partial charge in [-0.05, 0) is 23.8 Å². The third kappa shape index (κ3) is 1.64. The van der Waals surface area contributed by atoms with Crippen LogP contribution >= 0.6 is 15.9 Å². The maximum absolute atomic E-state index is 10.9. The number of nitrogens with zero attached hydrogens (tertiary/aromatic N) is 1. The quantitative estimate of drug-likeness (QED) is 0.836. The Kier molecular flexibility index (Phi) is 2.50. The molecule has 0 fully saturated rings. The molecule has 0 amide bonds. The van der Waals surface area contributed by atoms with Gasteiger partial charge in [0, 0.05) is 16.1 Å². The van der Waals surface area contributed by atoms with Crippen molar-refractivity contribution in [2.45, 2.75) is 6.61 Å². The summed E-state index contributed by atoms with van der Waals surface area (Å²) in [4.78, 5) is 10.9. The average molecular weight is 270 g/mol. The van der Waals surface area contributed by atoms with Crippen LogP contribution in [0.25, 0.3) is 10.9 Å². The van der Waals surface area contributed by atoms with Gasteiger partial charge in [-0.2, -0.15) is 0 Å². The van der Waals surface area contributed by atoms with Crippen molar-refractivity contribution in [1.29, 1.82) is 0 Å². The Hall–Kier alpha value is -1.33. The average Bonchev–Trinajstić information content (AvgIpc) is 2.59. The molecule has 0 aliphatic carbocycles. The summed E-state index contributed by atoms with van der Waals surface area (Å²) in [6.07, 6.45) is 0.436. The molecule has 0 saturated carbocycles. The molecule has 2 N–H and O–H groups in total. The van der Waals surface area contributed by atoms with E-state index < -0.39 is 6.09 Å². The number of aliphatic hydroxyl groups excluding tert-OH is 1. The van der Waals surface area contributed by atoms with E-state index in [1.807, 2.05) is 0 Å². The summed E-state index contributed by atoms with van der Waals surface area (Å²) in [5.41, 5.74) is 1.28. The van der Waals surface area contributed by atoms with Crippen molar-refractivity contribution < 1.29 is 15.0 Å². The van der Waals surface area contributed by atoms with E-state index in [1.54, 1.807) is 18.2 Å². The number of rotatable bonds is 1. The predicted molar refractivity (Wildman–Crippen MR) is 59.0 cm³/mol. The molecule has 0 unspecified atom stereocenters. The first-order valence-electron chi connectivity index (χ1n) is 4.27. The van der Waals surface area contributed by atoms with Gasteiger partial charge in [0.1, 0.15) is 0 Å². The Morgan fingerprint density at radius 2 is 2.20 bits per heavy atom. The molecule has 1 aromatic carbocycles. The number of aromatic nitrogens is 1. The maximum Gasteiger partial charge on any atom is 0.416 e. The number of carbonyl (C=O) groups is 1. The van der Waals surface area contributed by atoms with Gasteiger partial charge >= 0.3 is 6.09 Å². The van der Waals surface area contributed by atoms with E-state index in [0.717, 1.165) is 14.4 Å². The Morgan fingerprint density at radius 3 is 2.80 bits per heavy atom. The minimum Gasteiger partial charge on any atom is -0.464 e. The van der Waals surface area contributed by atoms with Gasteiger partial charge in [0.25, 0.3) is 0 Å². The summed E-state index contributed by atoms with van der Waals surface area (Å²) < 4.78 is 1.87. The van der Waals surface area contributed by atoms with Crippen LogP contribution < -0.4 is 0 Å². The van der Waals surface area contributed by atoms with E-state index >= 15 is 0 Å². The second kappa shape index (κ2) is 3.67. The van der Waals surface area contributed by atoms with Crippen LogP contribution in [0.2, 0.25) is 0 Å². The van der Waals surface area contributed by atoms with Gasteiger partial charge in [0.05, 0.1) is 12.1 Å². The highest BCUT2D eigenvalue weighted by Gasteiger charge is 2.10. The molecule has 1 aromatic heterocycles. The molecule has 0 aliphatic rings. The van der Waals surface area contributed by atoms with Crippen LogP contribution in [0.1, 0.15) is 5.56 Å². The van der Waals surface area contributed by atoms with Gasteiger partial charge in [-0.15, -0.1) is 0 Å². The summed E-state index contributed by atoms with van der Waals surface area (Å²) >= 11 is 3.27. The lowest BCUT2D eigenvalue weighted by Gasteiger charge is -2.02. The Morgan fingerprint density at radius 1 is 1.47 bits per heavy atom. The third-order valence-electron chi connectivity index (χ3n) is 2.23. The molecule has 0 saturated heterocycles. The number of benzene rings is 1. The Labute approximate surface area is 93.9 Å². The molecule has 1 heterocycles. The zero-order valence-corrected chi connectivity index (χ0v) is 9.23. The van der Waals surface area contributed by atoms with Crippen LogP contribution in [0.4, 0.5) is 4.79 Å². The number of carboxylic acid groups (broad SMARTS) is 1. The third-order valence-corrected chi connectivity index (χ3v) is 2.69. The predicted octanol–water partition coefficient (Wildman–Crippen LogP) is 2.42. The van der Waals surface area contributed by atoms with Gasteiger partial charge < -0.3 is 10.2 Å². The zero-order chi connectivity index (χ0) is 11.0. The second-order valence-electron chi connectivity index (χ2n) is 3.12. The number of hydrogen-bond acceptors (Lipinski definition) is 2. The topological polar surface area (TPSA) is 62.5 Å². The smallest absolute Gasteiger partial charge is 0.416 e. The number of fused-ring (bicyclic) bond motifs is 1. The van der Waals surface area contributed by atoms with E-state index in [-0.39, 0.29) is 6.61 Å². The van der Waals surface area contributed by atoms with Crippen LogP contribution in [0.5, 0.6) is 0 Å². The summed E-state index contributed by atoms with van der Waals surface area (Å²) in [6, 6.07) is 5.17. The van der Waals surface area contributed by atoms with Crippen molar-refractivity contribution in [2.24, 2.45) is 0 Å². The highest BCUT2D eigenvalue weighted by atomic mass is 79.9. The zero-order valence-electron chi connectivity index (χ0n) is 7.64. The Balaban J connectivity index is 2.80. The molecule has 0 spiro atoms. The summed E-state index contributed by atoms with van der Waals surface area (Å²) in [5.74, 6) is 0. The van der Waals surface area contributed by atoms with Crippen molar-refractivity contribution in [3.05, 3.63) is 34.4 Å². The highest BCUT2D eigenvalue weighted by Crippen LogP contribution is 2.25. The molecule has 15 heavy (non-hydrogen) atoms. The fourth-order valence-corrected chi connectivity index (χ4v) is 2.07. The van der Waals surface area contributed by atoms with Crippen LogP contribution in [0, 0.1) is 0 Å². The fraction of sp³-hybridized carbons (Fsp3) is 0.100. The van der Waals surface area contributed by atoms with Crippen LogP contribution in [-0.4, -0.2) is 20.9 Å². The normalized spacial score (nSPS) is 10.8. The monoisotopic (exact) mass is 269 g/mol. The molecule has 2 aromatic rings. The van der Waals surface area contributed by atoms with E-state index in [1.165, 1.54) is 6.20 Å². The lowest BCUT2D eigenvalue weighted by Crippen LogP contribution is -2.05. The van der Waals surface area contributed by atoms with Crippen molar-refractivity contribution in [2.75, 3.05) is 0 Å². The Bertz CT molecular complexity index is 533. The first-order chi connectivity index (χ1) is 7.13.